The topological polar surface area (TPSA) is 18.5 Å². The maximum atomic E-state index is 5.81. The molecule has 13 heavy (non-hydrogen) atoms. The molecule has 1 atom stereocenters. The Bertz CT molecular complexity index is 310. The number of hydrogen-bond donors (Lipinski definition) is 0. The summed E-state index contributed by atoms with van der Waals surface area (Å²) in [5.41, 5.74) is 0. The summed E-state index contributed by atoms with van der Waals surface area (Å²) in [5, 5.41) is 1.03. The minimum absolute atomic E-state index is 0.114. The molecule has 0 aromatic heterocycles. The van der Waals surface area contributed by atoms with Crippen molar-refractivity contribution in [1.29, 1.82) is 0 Å². The van der Waals surface area contributed by atoms with Crippen LogP contribution < -0.4 is 4.74 Å². The van der Waals surface area contributed by atoms with Crippen LogP contribution >= 0.6 is 23.2 Å². The molecule has 0 N–H and O–H groups in total. The molecule has 2 nitrogen and oxygen atoms in total. The van der Waals surface area contributed by atoms with E-state index in [2.05, 4.69) is 0 Å². The molecule has 1 aliphatic heterocycles. The maximum Gasteiger partial charge on any atom is 0.202 e. The molecule has 70 valence electrons. The normalized spacial score (nSPS) is 20.9. The summed E-state index contributed by atoms with van der Waals surface area (Å²) >= 11 is 11.6. The Morgan fingerprint density at radius 3 is 2.62 bits per heavy atom. The molecule has 1 saturated heterocycles. The Morgan fingerprint density at radius 2 is 2.08 bits per heavy atom. The van der Waals surface area contributed by atoms with Crippen LogP contribution in [0.2, 0.25) is 10.0 Å². The predicted octanol–water partition coefficient (Wildman–Crippen LogP) is 3.12. The van der Waals surface area contributed by atoms with Crippen molar-refractivity contribution in [3.05, 3.63) is 28.2 Å². The van der Waals surface area contributed by atoms with Gasteiger partial charge in [-0.05, 0) is 12.1 Å². The molecule has 2 rings (SSSR count). The molecule has 0 radical (unpaired) electrons. The first-order valence-corrected chi connectivity index (χ1v) is 4.74. The van der Waals surface area contributed by atoms with Crippen LogP contribution in [0.1, 0.15) is 6.42 Å². The van der Waals surface area contributed by atoms with Crippen molar-refractivity contribution in [2.45, 2.75) is 12.7 Å². The molecule has 1 fully saturated rings. The highest BCUT2D eigenvalue weighted by atomic mass is 35.5. The Kier molecular flexibility index (Phi) is 2.63. The van der Waals surface area contributed by atoms with E-state index in [1.54, 1.807) is 18.2 Å². The van der Waals surface area contributed by atoms with Crippen molar-refractivity contribution in [3.8, 4) is 5.75 Å². The highest BCUT2D eigenvalue weighted by molar-refractivity contribution is 6.42. The summed E-state index contributed by atoms with van der Waals surface area (Å²) < 4.78 is 10.5. The van der Waals surface area contributed by atoms with Crippen LogP contribution in [-0.2, 0) is 4.74 Å². The van der Waals surface area contributed by atoms with Crippen LogP contribution in [0.3, 0.4) is 0 Å². The van der Waals surface area contributed by atoms with Crippen molar-refractivity contribution in [2.24, 2.45) is 0 Å². The average Bonchev–Trinajstić information content (AvgIpc) is 2.04. The van der Waals surface area contributed by atoms with Gasteiger partial charge < -0.3 is 9.47 Å². The summed E-state index contributed by atoms with van der Waals surface area (Å²) in [6.07, 6.45) is 0.817. The number of benzene rings is 1. The molecule has 1 heterocycles. The fourth-order valence-electron chi connectivity index (χ4n) is 1.01. The monoisotopic (exact) mass is 218 g/mol. The summed E-state index contributed by atoms with van der Waals surface area (Å²) in [4.78, 5) is 0. The van der Waals surface area contributed by atoms with Crippen LogP contribution in [0.4, 0.5) is 0 Å². The molecular formula is C9H8Cl2O2. The Hall–Kier alpha value is -0.440. The van der Waals surface area contributed by atoms with Gasteiger partial charge in [0.05, 0.1) is 16.7 Å². The minimum Gasteiger partial charge on any atom is -0.465 e. The third kappa shape index (κ3) is 2.08. The van der Waals surface area contributed by atoms with Gasteiger partial charge in [-0.3, -0.25) is 0 Å². The standard InChI is InChI=1S/C9H8Cl2O2/c10-7-2-1-6(5-8(7)11)13-9-3-4-12-9/h1-2,5,9H,3-4H2/t9-/m1/s1. The van der Waals surface area contributed by atoms with Crippen molar-refractivity contribution in [3.63, 3.8) is 0 Å². The van der Waals surface area contributed by atoms with E-state index < -0.39 is 0 Å². The van der Waals surface area contributed by atoms with Gasteiger partial charge in [-0.15, -0.1) is 0 Å². The second-order valence-corrected chi connectivity index (χ2v) is 3.60. The molecule has 0 spiro atoms. The van der Waals surface area contributed by atoms with Crippen LogP contribution in [0.5, 0.6) is 5.75 Å². The zero-order valence-electron chi connectivity index (χ0n) is 6.80. The number of ether oxygens (including phenoxy) is 2. The minimum atomic E-state index is -0.114. The molecule has 0 unspecified atom stereocenters. The second-order valence-electron chi connectivity index (χ2n) is 2.78. The van der Waals surface area contributed by atoms with Gasteiger partial charge in [0.15, 0.2) is 0 Å². The molecule has 1 aliphatic rings. The van der Waals surface area contributed by atoms with Crippen molar-refractivity contribution in [1.82, 2.24) is 0 Å². The Balaban J connectivity index is 2.07. The van der Waals surface area contributed by atoms with Crippen LogP contribution in [-0.4, -0.2) is 12.9 Å². The van der Waals surface area contributed by atoms with E-state index in [4.69, 9.17) is 32.7 Å². The van der Waals surface area contributed by atoms with E-state index in [1.807, 2.05) is 0 Å². The first-order valence-electron chi connectivity index (χ1n) is 3.99. The van der Waals surface area contributed by atoms with Gasteiger partial charge in [0.25, 0.3) is 0 Å². The fraction of sp³-hybridized carbons (Fsp3) is 0.333. The highest BCUT2D eigenvalue weighted by Crippen LogP contribution is 2.28. The SMILES string of the molecule is Clc1ccc(O[C@@H]2CCO2)cc1Cl. The first kappa shape index (κ1) is 9.13. The van der Waals surface area contributed by atoms with Crippen molar-refractivity contribution >= 4 is 23.2 Å². The van der Waals surface area contributed by atoms with Crippen LogP contribution in [0.15, 0.2) is 18.2 Å². The number of hydrogen-bond acceptors (Lipinski definition) is 2. The molecule has 0 bridgehead atoms. The molecular weight excluding hydrogens is 211 g/mol. The zero-order valence-corrected chi connectivity index (χ0v) is 8.31. The number of rotatable bonds is 2. The lowest BCUT2D eigenvalue weighted by molar-refractivity contribution is -0.165. The average molecular weight is 219 g/mol. The molecule has 0 saturated carbocycles. The molecule has 0 aliphatic carbocycles. The lowest BCUT2D eigenvalue weighted by Gasteiger charge is -2.26. The van der Waals surface area contributed by atoms with E-state index in [9.17, 15) is 0 Å². The van der Waals surface area contributed by atoms with Gasteiger partial charge in [-0.25, -0.2) is 0 Å². The maximum absolute atomic E-state index is 5.81. The van der Waals surface area contributed by atoms with Crippen molar-refractivity contribution < 1.29 is 9.47 Å². The third-order valence-electron chi connectivity index (χ3n) is 1.82. The summed E-state index contributed by atoms with van der Waals surface area (Å²) in [7, 11) is 0. The summed E-state index contributed by atoms with van der Waals surface area (Å²) in [5.74, 6) is 0.694. The van der Waals surface area contributed by atoms with E-state index in [1.165, 1.54) is 0 Å². The van der Waals surface area contributed by atoms with Crippen molar-refractivity contribution in [2.75, 3.05) is 6.61 Å². The highest BCUT2D eigenvalue weighted by Gasteiger charge is 2.19. The van der Waals surface area contributed by atoms with E-state index in [0.717, 1.165) is 13.0 Å². The second kappa shape index (κ2) is 3.74. The van der Waals surface area contributed by atoms with Gasteiger partial charge in [-0.2, -0.15) is 0 Å². The van der Waals surface area contributed by atoms with E-state index >= 15 is 0 Å². The quantitative estimate of drug-likeness (QED) is 0.760. The molecule has 1 aromatic carbocycles. The van der Waals surface area contributed by atoms with Gasteiger partial charge in [0.1, 0.15) is 5.75 Å². The lowest BCUT2D eigenvalue weighted by atomic mass is 10.3. The van der Waals surface area contributed by atoms with E-state index in [0.29, 0.717) is 15.8 Å². The van der Waals surface area contributed by atoms with Crippen LogP contribution in [0.25, 0.3) is 0 Å². The fourth-order valence-corrected chi connectivity index (χ4v) is 1.30. The van der Waals surface area contributed by atoms with Gasteiger partial charge in [0.2, 0.25) is 6.29 Å². The summed E-state index contributed by atoms with van der Waals surface area (Å²) in [6.45, 7) is 0.770. The van der Waals surface area contributed by atoms with Crippen LogP contribution in [0, 0.1) is 0 Å². The Labute approximate surface area is 86.4 Å². The molecule has 4 heteroatoms. The predicted molar refractivity (Wildman–Crippen MR) is 51.4 cm³/mol. The Morgan fingerprint density at radius 1 is 1.31 bits per heavy atom. The summed E-state index contributed by atoms with van der Waals surface area (Å²) in [6, 6.07) is 5.17. The lowest BCUT2D eigenvalue weighted by Crippen LogP contribution is -2.32. The first-order chi connectivity index (χ1) is 6.25. The molecule has 1 aromatic rings. The number of halogens is 2. The smallest absolute Gasteiger partial charge is 0.202 e. The third-order valence-corrected chi connectivity index (χ3v) is 2.55. The van der Waals surface area contributed by atoms with Gasteiger partial charge >= 0.3 is 0 Å². The van der Waals surface area contributed by atoms with E-state index in [-0.39, 0.29) is 6.29 Å². The van der Waals surface area contributed by atoms with Gasteiger partial charge in [0, 0.05) is 12.5 Å². The largest absolute Gasteiger partial charge is 0.465 e. The van der Waals surface area contributed by atoms with Gasteiger partial charge in [-0.1, -0.05) is 23.2 Å². The molecule has 0 amide bonds. The zero-order chi connectivity index (χ0) is 9.26.